The minimum atomic E-state index is -0.857. The second-order valence-corrected chi connectivity index (χ2v) is 5.15. The van der Waals surface area contributed by atoms with Gasteiger partial charge in [-0.05, 0) is 30.9 Å². The summed E-state index contributed by atoms with van der Waals surface area (Å²) >= 11 is 0. The number of carbonyl (C=O) groups is 2. The molecule has 1 amide bonds. The minimum Gasteiger partial charge on any atom is -0.481 e. The molecule has 2 N–H and O–H groups in total. The number of carboxylic acids is 1. The molecule has 0 radical (unpaired) electrons. The van der Waals surface area contributed by atoms with E-state index in [9.17, 15) is 9.59 Å². The lowest BCUT2D eigenvalue weighted by atomic mass is 10.2. The maximum atomic E-state index is 11.9. The normalized spacial score (nSPS) is 13.8. The van der Waals surface area contributed by atoms with Crippen LogP contribution in [0.5, 0.6) is 0 Å². The molecule has 5 nitrogen and oxygen atoms in total. The third-order valence-electron chi connectivity index (χ3n) is 3.34. The molecule has 0 spiro atoms. The highest BCUT2D eigenvalue weighted by atomic mass is 16.4. The average Bonchev–Trinajstić information content (AvgIpc) is 3.26. The van der Waals surface area contributed by atoms with Crippen LogP contribution in [0, 0.1) is 5.92 Å². The second-order valence-electron chi connectivity index (χ2n) is 5.15. The summed E-state index contributed by atoms with van der Waals surface area (Å²) in [6, 6.07) is 9.43. The highest BCUT2D eigenvalue weighted by Gasteiger charge is 2.22. The Labute approximate surface area is 118 Å². The maximum absolute atomic E-state index is 11.9. The lowest BCUT2D eigenvalue weighted by molar-refractivity contribution is -0.136. The highest BCUT2D eigenvalue weighted by molar-refractivity contribution is 5.81. The molecule has 2 rings (SSSR count). The van der Waals surface area contributed by atoms with Gasteiger partial charge in [0.1, 0.15) is 0 Å². The summed E-state index contributed by atoms with van der Waals surface area (Å²) in [4.78, 5) is 24.4. The molecule has 1 aromatic rings. The quantitative estimate of drug-likeness (QED) is 0.755. The minimum absolute atomic E-state index is 0.0187. The molecule has 108 valence electrons. The molecule has 0 atom stereocenters. The Morgan fingerprint density at radius 1 is 1.25 bits per heavy atom. The monoisotopic (exact) mass is 276 g/mol. The second kappa shape index (κ2) is 6.93. The van der Waals surface area contributed by atoms with Crippen LogP contribution in [0.4, 0.5) is 5.69 Å². The Kier molecular flexibility index (Phi) is 4.98. The van der Waals surface area contributed by atoms with E-state index in [1.807, 2.05) is 30.3 Å². The molecule has 1 aliphatic rings. The smallest absolute Gasteiger partial charge is 0.305 e. The van der Waals surface area contributed by atoms with Gasteiger partial charge in [-0.15, -0.1) is 0 Å². The number of benzene rings is 1. The fourth-order valence-electron chi connectivity index (χ4n) is 1.98. The van der Waals surface area contributed by atoms with Gasteiger partial charge in [0.15, 0.2) is 0 Å². The van der Waals surface area contributed by atoms with Gasteiger partial charge in [0.2, 0.25) is 5.91 Å². The van der Waals surface area contributed by atoms with Crippen molar-refractivity contribution in [1.29, 1.82) is 0 Å². The Morgan fingerprint density at radius 2 is 1.95 bits per heavy atom. The number of aliphatic carboxylic acids is 1. The van der Waals surface area contributed by atoms with Gasteiger partial charge in [-0.25, -0.2) is 0 Å². The van der Waals surface area contributed by atoms with Gasteiger partial charge in [-0.2, -0.15) is 0 Å². The van der Waals surface area contributed by atoms with Crippen molar-refractivity contribution in [2.45, 2.75) is 19.3 Å². The molecule has 0 aromatic heterocycles. The van der Waals surface area contributed by atoms with E-state index in [0.717, 1.165) is 12.2 Å². The summed E-state index contributed by atoms with van der Waals surface area (Å²) < 4.78 is 0. The predicted octanol–water partition coefficient (Wildman–Crippen LogP) is 1.49. The van der Waals surface area contributed by atoms with Crippen molar-refractivity contribution in [3.63, 3.8) is 0 Å². The molecule has 20 heavy (non-hydrogen) atoms. The number of amides is 1. The molecule has 0 saturated heterocycles. The first-order valence-electron chi connectivity index (χ1n) is 6.93. The van der Waals surface area contributed by atoms with Crippen molar-refractivity contribution in [2.75, 3.05) is 24.5 Å². The van der Waals surface area contributed by atoms with Crippen molar-refractivity contribution in [3.05, 3.63) is 30.3 Å². The third kappa shape index (κ3) is 4.91. The SMILES string of the molecule is O=C(O)CCN(CC(=O)NCC1CC1)c1ccccc1. The van der Waals surface area contributed by atoms with Crippen LogP contribution in [0.15, 0.2) is 30.3 Å². The first kappa shape index (κ1) is 14.4. The number of anilines is 1. The van der Waals surface area contributed by atoms with Gasteiger partial charge < -0.3 is 15.3 Å². The topological polar surface area (TPSA) is 69.6 Å². The van der Waals surface area contributed by atoms with Crippen LogP contribution in [0.25, 0.3) is 0 Å². The molecule has 1 aromatic carbocycles. The molecule has 5 heteroatoms. The third-order valence-corrected chi connectivity index (χ3v) is 3.34. The maximum Gasteiger partial charge on any atom is 0.305 e. The Hall–Kier alpha value is -2.04. The Bertz CT molecular complexity index is 457. The van der Waals surface area contributed by atoms with Crippen molar-refractivity contribution in [2.24, 2.45) is 5.92 Å². The van der Waals surface area contributed by atoms with Crippen LogP contribution in [0.1, 0.15) is 19.3 Å². The van der Waals surface area contributed by atoms with Crippen molar-refractivity contribution >= 4 is 17.6 Å². The van der Waals surface area contributed by atoms with Gasteiger partial charge in [-0.3, -0.25) is 9.59 Å². The summed E-state index contributed by atoms with van der Waals surface area (Å²) in [5.41, 5.74) is 0.871. The van der Waals surface area contributed by atoms with Crippen molar-refractivity contribution in [3.8, 4) is 0 Å². The summed E-state index contributed by atoms with van der Waals surface area (Å²) in [5.74, 6) is -0.265. The number of para-hydroxylation sites is 1. The number of rotatable bonds is 8. The van der Waals surface area contributed by atoms with Gasteiger partial charge in [-0.1, -0.05) is 18.2 Å². The summed E-state index contributed by atoms with van der Waals surface area (Å²) in [5, 5.41) is 11.7. The standard InChI is InChI=1S/C15H20N2O3/c18-14(16-10-12-6-7-12)11-17(9-8-15(19)20)13-4-2-1-3-5-13/h1-5,12H,6-11H2,(H,16,18)(H,19,20). The highest BCUT2D eigenvalue weighted by Crippen LogP contribution is 2.27. The summed E-state index contributed by atoms with van der Waals surface area (Å²) in [7, 11) is 0. The number of nitrogens with zero attached hydrogens (tertiary/aromatic N) is 1. The summed E-state index contributed by atoms with van der Waals surface area (Å²) in [6.07, 6.45) is 2.41. The number of hydrogen-bond acceptors (Lipinski definition) is 3. The molecule has 1 aliphatic carbocycles. The molecule has 0 bridgehead atoms. The van der Waals surface area contributed by atoms with Crippen LogP contribution in [-0.2, 0) is 9.59 Å². The lowest BCUT2D eigenvalue weighted by Crippen LogP contribution is -2.39. The average molecular weight is 276 g/mol. The largest absolute Gasteiger partial charge is 0.481 e. The Balaban J connectivity index is 1.90. The molecule has 1 saturated carbocycles. The number of carbonyl (C=O) groups excluding carboxylic acids is 1. The number of carboxylic acid groups (broad SMARTS) is 1. The lowest BCUT2D eigenvalue weighted by Gasteiger charge is -2.23. The van der Waals surface area contributed by atoms with Gasteiger partial charge in [0.25, 0.3) is 0 Å². The van der Waals surface area contributed by atoms with Crippen LogP contribution < -0.4 is 10.2 Å². The molecular formula is C15H20N2O3. The van der Waals surface area contributed by atoms with Crippen LogP contribution in [-0.4, -0.2) is 36.6 Å². The number of nitrogens with one attached hydrogen (secondary N) is 1. The zero-order valence-electron chi connectivity index (χ0n) is 11.4. The van der Waals surface area contributed by atoms with Crippen LogP contribution in [0.3, 0.4) is 0 Å². The first-order chi connectivity index (χ1) is 9.65. The van der Waals surface area contributed by atoms with Gasteiger partial charge >= 0.3 is 5.97 Å². The van der Waals surface area contributed by atoms with Gasteiger partial charge in [0, 0.05) is 18.8 Å². The van der Waals surface area contributed by atoms with Gasteiger partial charge in [0.05, 0.1) is 13.0 Å². The van der Waals surface area contributed by atoms with E-state index in [0.29, 0.717) is 12.5 Å². The molecule has 0 unspecified atom stereocenters. The molecule has 0 aliphatic heterocycles. The van der Waals surface area contributed by atoms with E-state index in [4.69, 9.17) is 5.11 Å². The zero-order valence-corrected chi connectivity index (χ0v) is 11.4. The van der Waals surface area contributed by atoms with E-state index in [1.165, 1.54) is 12.8 Å². The van der Waals surface area contributed by atoms with E-state index in [-0.39, 0.29) is 18.9 Å². The van der Waals surface area contributed by atoms with E-state index >= 15 is 0 Å². The van der Waals surface area contributed by atoms with Crippen molar-refractivity contribution < 1.29 is 14.7 Å². The van der Waals surface area contributed by atoms with Crippen molar-refractivity contribution in [1.82, 2.24) is 5.32 Å². The van der Waals surface area contributed by atoms with Crippen LogP contribution in [0.2, 0.25) is 0 Å². The zero-order chi connectivity index (χ0) is 14.4. The molecule has 1 fully saturated rings. The fourth-order valence-corrected chi connectivity index (χ4v) is 1.98. The molecule has 0 heterocycles. The number of hydrogen-bond donors (Lipinski definition) is 2. The molecular weight excluding hydrogens is 256 g/mol. The fraction of sp³-hybridized carbons (Fsp3) is 0.467. The first-order valence-corrected chi connectivity index (χ1v) is 6.93. The van der Waals surface area contributed by atoms with E-state index in [1.54, 1.807) is 4.90 Å². The van der Waals surface area contributed by atoms with Crippen LogP contribution >= 0.6 is 0 Å². The predicted molar refractivity (Wildman–Crippen MR) is 76.6 cm³/mol. The summed E-state index contributed by atoms with van der Waals surface area (Å²) in [6.45, 7) is 1.26. The van der Waals surface area contributed by atoms with E-state index < -0.39 is 5.97 Å². The van der Waals surface area contributed by atoms with E-state index in [2.05, 4.69) is 5.32 Å². The Morgan fingerprint density at radius 3 is 2.55 bits per heavy atom.